The van der Waals surface area contributed by atoms with Gasteiger partial charge in [-0.3, -0.25) is 0 Å². The van der Waals surface area contributed by atoms with Crippen LogP contribution in [0.2, 0.25) is 0 Å². The van der Waals surface area contributed by atoms with Crippen molar-refractivity contribution < 1.29 is 4.39 Å². The lowest BCUT2D eigenvalue weighted by molar-refractivity contribution is 0.621. The van der Waals surface area contributed by atoms with E-state index in [1.54, 1.807) is 19.1 Å². The predicted molar refractivity (Wildman–Crippen MR) is 74.4 cm³/mol. The third-order valence-electron chi connectivity index (χ3n) is 3.17. The van der Waals surface area contributed by atoms with Crippen molar-refractivity contribution in [3.05, 3.63) is 64.5 Å². The predicted octanol–water partition coefficient (Wildman–Crippen LogP) is 4.36. The molecule has 0 saturated carbocycles. The lowest BCUT2D eigenvalue weighted by atomic mass is 10.1. The second kappa shape index (κ2) is 5.21. The van der Waals surface area contributed by atoms with Crippen LogP contribution >= 0.6 is 0 Å². The molecule has 0 aliphatic carbocycles. The van der Waals surface area contributed by atoms with E-state index in [1.807, 2.05) is 6.07 Å². The Morgan fingerprint density at radius 1 is 1.00 bits per heavy atom. The first-order valence-corrected chi connectivity index (χ1v) is 6.13. The van der Waals surface area contributed by atoms with Gasteiger partial charge in [-0.25, -0.2) is 4.39 Å². The van der Waals surface area contributed by atoms with E-state index in [2.05, 4.69) is 37.4 Å². The molecular weight excluding hydrogens is 225 g/mol. The van der Waals surface area contributed by atoms with Crippen molar-refractivity contribution in [3.63, 3.8) is 0 Å². The molecule has 1 N–H and O–H groups in total. The van der Waals surface area contributed by atoms with Gasteiger partial charge in [0.2, 0.25) is 0 Å². The molecule has 0 aliphatic heterocycles. The van der Waals surface area contributed by atoms with Gasteiger partial charge in [0.1, 0.15) is 5.82 Å². The van der Waals surface area contributed by atoms with Crippen LogP contribution in [0, 0.1) is 26.6 Å². The van der Waals surface area contributed by atoms with Gasteiger partial charge in [-0.1, -0.05) is 35.9 Å². The average molecular weight is 243 g/mol. The van der Waals surface area contributed by atoms with Crippen molar-refractivity contribution in [1.29, 1.82) is 0 Å². The molecule has 0 fully saturated rings. The molecule has 2 rings (SSSR count). The number of anilines is 1. The van der Waals surface area contributed by atoms with Gasteiger partial charge in [-0.2, -0.15) is 0 Å². The van der Waals surface area contributed by atoms with Crippen LogP contribution in [-0.2, 0) is 6.54 Å². The van der Waals surface area contributed by atoms with Crippen LogP contribution in [0.5, 0.6) is 0 Å². The van der Waals surface area contributed by atoms with E-state index >= 15 is 0 Å². The molecule has 0 spiro atoms. The number of aryl methyl sites for hydroxylation is 3. The lowest BCUT2D eigenvalue weighted by Crippen LogP contribution is -2.04. The van der Waals surface area contributed by atoms with Crippen molar-refractivity contribution in [2.45, 2.75) is 27.3 Å². The fourth-order valence-electron chi connectivity index (χ4n) is 1.97. The highest BCUT2D eigenvalue weighted by molar-refractivity contribution is 5.48. The summed E-state index contributed by atoms with van der Waals surface area (Å²) >= 11 is 0. The molecule has 1 nitrogen and oxygen atoms in total. The normalized spacial score (nSPS) is 10.4. The first-order chi connectivity index (χ1) is 8.58. The van der Waals surface area contributed by atoms with Crippen molar-refractivity contribution in [1.82, 2.24) is 0 Å². The third-order valence-corrected chi connectivity index (χ3v) is 3.17. The van der Waals surface area contributed by atoms with E-state index in [-0.39, 0.29) is 5.82 Å². The molecule has 0 saturated heterocycles. The summed E-state index contributed by atoms with van der Waals surface area (Å²) in [6.45, 7) is 6.56. The van der Waals surface area contributed by atoms with E-state index < -0.39 is 0 Å². The standard InChI is InChI=1S/C16H18FN/c1-11-7-8-12(2)14(9-11)10-18-15-6-4-5-13(3)16(15)17/h4-9,18H,10H2,1-3H3. The number of hydrogen-bond donors (Lipinski definition) is 1. The highest BCUT2D eigenvalue weighted by Crippen LogP contribution is 2.19. The quantitative estimate of drug-likeness (QED) is 0.844. The molecule has 0 unspecified atom stereocenters. The molecule has 2 heteroatoms. The summed E-state index contributed by atoms with van der Waals surface area (Å²) in [7, 11) is 0. The summed E-state index contributed by atoms with van der Waals surface area (Å²) in [5.74, 6) is -0.164. The Hall–Kier alpha value is -1.83. The van der Waals surface area contributed by atoms with Gasteiger partial charge in [0, 0.05) is 6.54 Å². The highest BCUT2D eigenvalue weighted by atomic mass is 19.1. The number of nitrogens with one attached hydrogen (secondary N) is 1. The number of halogens is 1. The molecule has 2 aromatic rings. The third kappa shape index (κ3) is 2.70. The maximum atomic E-state index is 13.8. The average Bonchev–Trinajstić information content (AvgIpc) is 2.35. The maximum Gasteiger partial charge on any atom is 0.149 e. The summed E-state index contributed by atoms with van der Waals surface area (Å²) in [6.07, 6.45) is 0. The van der Waals surface area contributed by atoms with Gasteiger partial charge in [-0.05, 0) is 43.5 Å². The zero-order valence-electron chi connectivity index (χ0n) is 11.0. The second-order valence-corrected chi connectivity index (χ2v) is 4.72. The minimum atomic E-state index is -0.164. The van der Waals surface area contributed by atoms with Crippen LogP contribution in [0.15, 0.2) is 36.4 Å². The summed E-state index contributed by atoms with van der Waals surface area (Å²) in [5.41, 5.74) is 4.89. The molecule has 18 heavy (non-hydrogen) atoms. The monoisotopic (exact) mass is 243 g/mol. The second-order valence-electron chi connectivity index (χ2n) is 4.72. The fraction of sp³-hybridized carbons (Fsp3) is 0.250. The summed E-state index contributed by atoms with van der Waals surface area (Å²) in [4.78, 5) is 0. The van der Waals surface area contributed by atoms with Crippen LogP contribution in [0.25, 0.3) is 0 Å². The van der Waals surface area contributed by atoms with Gasteiger partial charge in [0.05, 0.1) is 5.69 Å². The minimum absolute atomic E-state index is 0.164. The SMILES string of the molecule is Cc1ccc(C)c(CNc2cccc(C)c2F)c1. The first-order valence-electron chi connectivity index (χ1n) is 6.13. The molecule has 0 amide bonds. The Balaban J connectivity index is 2.16. The van der Waals surface area contributed by atoms with E-state index in [0.717, 1.165) is 0 Å². The molecule has 0 heterocycles. The minimum Gasteiger partial charge on any atom is -0.379 e. The van der Waals surface area contributed by atoms with Crippen molar-refractivity contribution in [2.24, 2.45) is 0 Å². The Morgan fingerprint density at radius 2 is 1.78 bits per heavy atom. The molecule has 0 atom stereocenters. The molecule has 0 bridgehead atoms. The van der Waals surface area contributed by atoms with Crippen LogP contribution in [0.4, 0.5) is 10.1 Å². The summed E-state index contributed by atoms with van der Waals surface area (Å²) < 4.78 is 13.8. The van der Waals surface area contributed by atoms with Crippen molar-refractivity contribution >= 4 is 5.69 Å². The van der Waals surface area contributed by atoms with Gasteiger partial charge in [0.15, 0.2) is 0 Å². The number of benzene rings is 2. The Kier molecular flexibility index (Phi) is 3.66. The molecule has 0 radical (unpaired) electrons. The Labute approximate surface area is 108 Å². The van der Waals surface area contributed by atoms with E-state index in [4.69, 9.17) is 0 Å². The number of hydrogen-bond acceptors (Lipinski definition) is 1. The zero-order chi connectivity index (χ0) is 13.1. The Morgan fingerprint density at radius 3 is 2.56 bits per heavy atom. The zero-order valence-corrected chi connectivity index (χ0v) is 11.0. The largest absolute Gasteiger partial charge is 0.379 e. The lowest BCUT2D eigenvalue weighted by Gasteiger charge is -2.11. The molecular formula is C16H18FN. The van der Waals surface area contributed by atoms with Crippen LogP contribution in [-0.4, -0.2) is 0 Å². The smallest absolute Gasteiger partial charge is 0.149 e. The van der Waals surface area contributed by atoms with Crippen LogP contribution < -0.4 is 5.32 Å². The van der Waals surface area contributed by atoms with Gasteiger partial charge in [-0.15, -0.1) is 0 Å². The fourth-order valence-corrected chi connectivity index (χ4v) is 1.97. The van der Waals surface area contributed by atoms with E-state index in [9.17, 15) is 4.39 Å². The first kappa shape index (κ1) is 12.6. The molecule has 0 aliphatic rings. The van der Waals surface area contributed by atoms with Gasteiger partial charge >= 0.3 is 0 Å². The summed E-state index contributed by atoms with van der Waals surface area (Å²) in [5, 5.41) is 3.16. The summed E-state index contributed by atoms with van der Waals surface area (Å²) in [6, 6.07) is 11.7. The van der Waals surface area contributed by atoms with Gasteiger partial charge in [0.25, 0.3) is 0 Å². The van der Waals surface area contributed by atoms with Crippen molar-refractivity contribution in [2.75, 3.05) is 5.32 Å². The molecule has 0 aromatic heterocycles. The molecule has 94 valence electrons. The van der Waals surface area contributed by atoms with Crippen LogP contribution in [0.3, 0.4) is 0 Å². The van der Waals surface area contributed by atoms with E-state index in [0.29, 0.717) is 17.8 Å². The van der Waals surface area contributed by atoms with E-state index in [1.165, 1.54) is 16.7 Å². The van der Waals surface area contributed by atoms with Crippen LogP contribution in [0.1, 0.15) is 22.3 Å². The van der Waals surface area contributed by atoms with Crippen molar-refractivity contribution in [3.8, 4) is 0 Å². The maximum absolute atomic E-state index is 13.8. The Bertz CT molecular complexity index is 559. The topological polar surface area (TPSA) is 12.0 Å². The number of rotatable bonds is 3. The molecule has 2 aromatic carbocycles. The highest BCUT2D eigenvalue weighted by Gasteiger charge is 2.05. The van der Waals surface area contributed by atoms with Gasteiger partial charge < -0.3 is 5.32 Å².